The molecular weight excluding hydrogens is 284 g/mol. The topological polar surface area (TPSA) is 29.3 Å². The molecule has 1 aliphatic rings. The van der Waals surface area contributed by atoms with Gasteiger partial charge in [-0.3, -0.25) is 4.90 Å². The van der Waals surface area contributed by atoms with Crippen LogP contribution in [0.4, 0.5) is 0 Å². The van der Waals surface area contributed by atoms with E-state index in [1.807, 2.05) is 24.3 Å². The van der Waals surface area contributed by atoms with Gasteiger partial charge in [-0.15, -0.1) is 0 Å². The smallest absolute Gasteiger partial charge is 0.198 e. The van der Waals surface area contributed by atoms with E-state index in [1.165, 1.54) is 12.0 Å². The van der Waals surface area contributed by atoms with Gasteiger partial charge in [-0.2, -0.15) is 0 Å². The van der Waals surface area contributed by atoms with Crippen LogP contribution in [0, 0.1) is 0 Å². The van der Waals surface area contributed by atoms with Crippen LogP contribution in [0.1, 0.15) is 36.6 Å². The molecule has 3 heteroatoms. The van der Waals surface area contributed by atoms with Crippen LogP contribution < -0.4 is 0 Å². The molecule has 0 aliphatic carbocycles. The number of oxazole rings is 1. The van der Waals surface area contributed by atoms with Gasteiger partial charge >= 0.3 is 0 Å². The lowest BCUT2D eigenvalue weighted by atomic mass is 10.0. The quantitative estimate of drug-likeness (QED) is 0.708. The van der Waals surface area contributed by atoms with Crippen LogP contribution in [0.25, 0.3) is 11.1 Å². The SMILES string of the molecule is c1ccc(CN2CCCC(c3nc4ccccc4o3)CC2)cc1. The van der Waals surface area contributed by atoms with Crippen molar-refractivity contribution in [2.75, 3.05) is 13.1 Å². The molecular formula is C20H22N2O. The highest BCUT2D eigenvalue weighted by molar-refractivity contribution is 5.72. The van der Waals surface area contributed by atoms with E-state index in [-0.39, 0.29) is 0 Å². The minimum Gasteiger partial charge on any atom is -0.440 e. The molecule has 3 aromatic rings. The van der Waals surface area contributed by atoms with Crippen LogP contribution in [0.5, 0.6) is 0 Å². The normalized spacial score (nSPS) is 19.7. The van der Waals surface area contributed by atoms with E-state index in [9.17, 15) is 0 Å². The fourth-order valence-electron chi connectivity index (χ4n) is 3.47. The molecule has 0 spiro atoms. The summed E-state index contributed by atoms with van der Waals surface area (Å²) in [6, 6.07) is 18.8. The number of fused-ring (bicyclic) bond motifs is 1. The zero-order valence-electron chi connectivity index (χ0n) is 13.3. The molecule has 1 aromatic heterocycles. The van der Waals surface area contributed by atoms with Crippen molar-refractivity contribution in [3.05, 3.63) is 66.1 Å². The Balaban J connectivity index is 1.44. The Morgan fingerprint density at radius 1 is 0.957 bits per heavy atom. The van der Waals surface area contributed by atoms with E-state index < -0.39 is 0 Å². The number of likely N-dealkylation sites (tertiary alicyclic amines) is 1. The lowest BCUT2D eigenvalue weighted by molar-refractivity contribution is 0.274. The number of aromatic nitrogens is 1. The predicted molar refractivity (Wildman–Crippen MR) is 92.3 cm³/mol. The third kappa shape index (κ3) is 3.30. The van der Waals surface area contributed by atoms with Gasteiger partial charge in [-0.05, 0) is 50.0 Å². The lowest BCUT2D eigenvalue weighted by Gasteiger charge is -2.19. The molecule has 0 amide bonds. The maximum atomic E-state index is 5.99. The third-order valence-electron chi connectivity index (χ3n) is 4.73. The summed E-state index contributed by atoms with van der Waals surface area (Å²) >= 11 is 0. The largest absolute Gasteiger partial charge is 0.440 e. The number of rotatable bonds is 3. The van der Waals surface area contributed by atoms with Crippen LogP contribution >= 0.6 is 0 Å². The Bertz CT molecular complexity index is 732. The van der Waals surface area contributed by atoms with Gasteiger partial charge in [0.1, 0.15) is 5.52 Å². The average molecular weight is 306 g/mol. The van der Waals surface area contributed by atoms with E-state index >= 15 is 0 Å². The Hall–Kier alpha value is -2.13. The number of nitrogens with zero attached hydrogens (tertiary/aromatic N) is 2. The zero-order chi connectivity index (χ0) is 15.5. The summed E-state index contributed by atoms with van der Waals surface area (Å²) in [6.07, 6.45) is 3.49. The van der Waals surface area contributed by atoms with Gasteiger partial charge in [0.15, 0.2) is 11.5 Å². The summed E-state index contributed by atoms with van der Waals surface area (Å²) in [6.45, 7) is 3.31. The molecule has 3 nitrogen and oxygen atoms in total. The maximum absolute atomic E-state index is 5.99. The molecule has 0 radical (unpaired) electrons. The molecule has 1 fully saturated rings. The van der Waals surface area contributed by atoms with E-state index in [2.05, 4.69) is 35.2 Å². The van der Waals surface area contributed by atoms with Crippen LogP contribution in [0.3, 0.4) is 0 Å². The molecule has 1 aliphatic heterocycles. The number of para-hydroxylation sites is 2. The van der Waals surface area contributed by atoms with Crippen molar-refractivity contribution in [2.45, 2.75) is 31.7 Å². The van der Waals surface area contributed by atoms with Crippen molar-refractivity contribution >= 4 is 11.1 Å². The first-order valence-corrected chi connectivity index (χ1v) is 8.50. The molecule has 0 N–H and O–H groups in total. The average Bonchev–Trinajstić information content (AvgIpc) is 2.89. The predicted octanol–water partition coefficient (Wildman–Crippen LogP) is 4.60. The molecule has 0 bridgehead atoms. The van der Waals surface area contributed by atoms with Crippen molar-refractivity contribution in [1.29, 1.82) is 0 Å². The van der Waals surface area contributed by atoms with Gasteiger partial charge in [0.25, 0.3) is 0 Å². The summed E-state index contributed by atoms with van der Waals surface area (Å²) in [7, 11) is 0. The van der Waals surface area contributed by atoms with E-state index in [1.54, 1.807) is 0 Å². The highest BCUT2D eigenvalue weighted by atomic mass is 16.3. The van der Waals surface area contributed by atoms with Crippen LogP contribution in [-0.2, 0) is 6.54 Å². The summed E-state index contributed by atoms with van der Waals surface area (Å²) in [5.74, 6) is 1.37. The maximum Gasteiger partial charge on any atom is 0.198 e. The second-order valence-corrected chi connectivity index (χ2v) is 6.41. The first-order chi connectivity index (χ1) is 11.4. The van der Waals surface area contributed by atoms with Crippen molar-refractivity contribution in [3.63, 3.8) is 0 Å². The highest BCUT2D eigenvalue weighted by Gasteiger charge is 2.22. The molecule has 2 aromatic carbocycles. The van der Waals surface area contributed by atoms with Gasteiger partial charge in [0, 0.05) is 12.5 Å². The van der Waals surface area contributed by atoms with Gasteiger partial charge in [-0.1, -0.05) is 42.5 Å². The monoisotopic (exact) mass is 306 g/mol. The second-order valence-electron chi connectivity index (χ2n) is 6.41. The highest BCUT2D eigenvalue weighted by Crippen LogP contribution is 2.30. The third-order valence-corrected chi connectivity index (χ3v) is 4.73. The van der Waals surface area contributed by atoms with Crippen molar-refractivity contribution < 1.29 is 4.42 Å². The van der Waals surface area contributed by atoms with Crippen molar-refractivity contribution in [2.24, 2.45) is 0 Å². The molecule has 1 unspecified atom stereocenters. The second kappa shape index (κ2) is 6.55. The number of hydrogen-bond acceptors (Lipinski definition) is 3. The Kier molecular flexibility index (Phi) is 4.12. The van der Waals surface area contributed by atoms with E-state index in [0.29, 0.717) is 5.92 Å². The zero-order valence-corrected chi connectivity index (χ0v) is 13.3. The summed E-state index contributed by atoms with van der Waals surface area (Å²) in [5, 5.41) is 0. The first kappa shape index (κ1) is 14.5. The Morgan fingerprint density at radius 3 is 2.65 bits per heavy atom. The lowest BCUT2D eigenvalue weighted by Crippen LogP contribution is -2.24. The minimum absolute atomic E-state index is 0.447. The van der Waals surface area contributed by atoms with Gasteiger partial charge < -0.3 is 4.42 Å². The fraction of sp³-hybridized carbons (Fsp3) is 0.350. The fourth-order valence-corrected chi connectivity index (χ4v) is 3.47. The first-order valence-electron chi connectivity index (χ1n) is 8.50. The number of hydrogen-bond donors (Lipinski definition) is 0. The minimum atomic E-state index is 0.447. The van der Waals surface area contributed by atoms with Gasteiger partial charge in [0.2, 0.25) is 0 Å². The molecule has 2 heterocycles. The summed E-state index contributed by atoms with van der Waals surface area (Å²) < 4.78 is 5.99. The standard InChI is InChI=1S/C20H22N2O/c1-2-7-16(8-3-1)15-22-13-6-9-17(12-14-22)20-21-18-10-4-5-11-19(18)23-20/h1-5,7-8,10-11,17H,6,9,12-15H2. The van der Waals surface area contributed by atoms with Crippen molar-refractivity contribution in [1.82, 2.24) is 9.88 Å². The molecule has 23 heavy (non-hydrogen) atoms. The Morgan fingerprint density at radius 2 is 1.78 bits per heavy atom. The van der Waals surface area contributed by atoms with Gasteiger partial charge in [0.05, 0.1) is 0 Å². The summed E-state index contributed by atoms with van der Waals surface area (Å²) in [4.78, 5) is 7.26. The molecule has 118 valence electrons. The van der Waals surface area contributed by atoms with Crippen LogP contribution in [0.15, 0.2) is 59.0 Å². The van der Waals surface area contributed by atoms with Crippen LogP contribution in [0.2, 0.25) is 0 Å². The van der Waals surface area contributed by atoms with Gasteiger partial charge in [-0.25, -0.2) is 4.98 Å². The van der Waals surface area contributed by atoms with E-state index in [0.717, 1.165) is 49.5 Å². The molecule has 1 atom stereocenters. The van der Waals surface area contributed by atoms with Crippen LogP contribution in [-0.4, -0.2) is 23.0 Å². The molecule has 1 saturated heterocycles. The van der Waals surface area contributed by atoms with Crippen molar-refractivity contribution in [3.8, 4) is 0 Å². The summed E-state index contributed by atoms with van der Waals surface area (Å²) in [5.41, 5.74) is 3.29. The van der Waals surface area contributed by atoms with E-state index in [4.69, 9.17) is 9.40 Å². The Labute approximate surface area is 136 Å². The molecule has 4 rings (SSSR count). The number of benzene rings is 2. The molecule has 0 saturated carbocycles.